The minimum Gasteiger partial charge on any atom is -0.493 e. The Labute approximate surface area is 452 Å². The van der Waals surface area contributed by atoms with Crippen molar-refractivity contribution in [2.45, 2.75) is 233 Å². The zero-order valence-electron chi connectivity index (χ0n) is 48.6. The predicted octanol–water partition coefficient (Wildman–Crippen LogP) is 19.8. The van der Waals surface area contributed by atoms with Crippen LogP contribution in [0.1, 0.15) is 213 Å². The monoisotopic (exact) mass is 1030 g/mol. The number of aryl methyl sites for hydroxylation is 3. The average molecular weight is 1030 g/mol. The molecule has 0 atom stereocenters. The Morgan fingerprint density at radius 2 is 0.467 bits per heavy atom. The largest absolute Gasteiger partial charge is 0.493 e. The topological polar surface area (TPSA) is 70.2 Å². The number of hydrogen-bond acceptors (Lipinski definition) is 6. The van der Waals surface area contributed by atoms with Crippen LogP contribution in [0.15, 0.2) is 36.4 Å². The van der Waals surface area contributed by atoms with E-state index in [2.05, 4.69) is 70.9 Å². The van der Waals surface area contributed by atoms with E-state index >= 15 is 0 Å². The van der Waals surface area contributed by atoms with Crippen molar-refractivity contribution in [2.24, 2.45) is 0 Å². The zero-order chi connectivity index (χ0) is 52.9. The SMILES string of the molecule is CCCCCCCCCCCCn1c2cc(OC)c(OC)cc2c2c3c4cc(OC)c(OC)cc4n(CCCCCCCCCCCC)c3c3c(c4cc(OC)c(OC)cc4n3CCCCCCCCCCCC)c21. The minimum atomic E-state index is 0.736. The molecule has 0 aliphatic carbocycles. The first-order valence-corrected chi connectivity index (χ1v) is 30.3. The highest BCUT2D eigenvalue weighted by molar-refractivity contribution is 6.40. The van der Waals surface area contributed by atoms with Crippen LogP contribution in [0.3, 0.4) is 0 Å². The standard InChI is InChI=1S/C66H99N3O6/c1-10-13-16-19-22-25-28-31-34-37-40-67-52-46-58(73-7)55(70-4)43-49(52)61-62-50-44-56(71-5)59(74-8)47-53(50)68(41-38-35-32-29-26-23-20-17-14-11-2)65(62)66-63(64(61)67)51-45-57(72-6)60(75-9)48-54(51)69(66)42-39-36-33-30-27-24-21-18-15-12-3/h43-48H,10-42H2,1-9H3. The summed E-state index contributed by atoms with van der Waals surface area (Å²) in [5.74, 6) is 4.47. The summed E-state index contributed by atoms with van der Waals surface area (Å²) in [5.41, 5.74) is 7.34. The first-order chi connectivity index (χ1) is 36.9. The van der Waals surface area contributed by atoms with Gasteiger partial charge in [-0.2, -0.15) is 0 Å². The Bertz CT molecular complexity index is 2850. The van der Waals surface area contributed by atoms with E-state index in [9.17, 15) is 0 Å². The highest BCUT2D eigenvalue weighted by Crippen LogP contribution is 2.52. The molecule has 9 nitrogen and oxygen atoms in total. The molecule has 0 spiro atoms. The molecule has 0 saturated carbocycles. The van der Waals surface area contributed by atoms with Crippen LogP contribution in [0.25, 0.3) is 65.4 Å². The minimum absolute atomic E-state index is 0.736. The molecule has 7 rings (SSSR count). The second-order valence-corrected chi connectivity index (χ2v) is 21.8. The lowest BCUT2D eigenvalue weighted by molar-refractivity contribution is 0.355. The Hall–Kier alpha value is -4.92. The van der Waals surface area contributed by atoms with E-state index in [1.165, 1.54) is 239 Å². The molecule has 0 N–H and O–H groups in total. The second kappa shape index (κ2) is 30.1. The fourth-order valence-corrected chi connectivity index (χ4v) is 12.5. The van der Waals surface area contributed by atoms with Gasteiger partial charge in [0.1, 0.15) is 0 Å². The summed E-state index contributed by atoms with van der Waals surface area (Å²) in [6, 6.07) is 13.5. The van der Waals surface area contributed by atoms with E-state index in [1.54, 1.807) is 42.7 Å². The number of benzene rings is 4. The van der Waals surface area contributed by atoms with Crippen molar-refractivity contribution in [3.63, 3.8) is 0 Å². The number of unbranched alkanes of at least 4 members (excludes halogenated alkanes) is 27. The molecule has 0 fully saturated rings. The van der Waals surface area contributed by atoms with Gasteiger partial charge in [0.25, 0.3) is 0 Å². The van der Waals surface area contributed by atoms with Gasteiger partial charge in [0.05, 0.1) is 75.8 Å². The third kappa shape index (κ3) is 13.6. The molecule has 0 aliphatic heterocycles. The zero-order valence-corrected chi connectivity index (χ0v) is 48.6. The highest BCUT2D eigenvalue weighted by atomic mass is 16.5. The summed E-state index contributed by atoms with van der Waals surface area (Å²) in [6.45, 7) is 9.59. The van der Waals surface area contributed by atoms with Crippen LogP contribution in [0.4, 0.5) is 0 Å². The lowest BCUT2D eigenvalue weighted by atomic mass is 10.0. The van der Waals surface area contributed by atoms with Gasteiger partial charge >= 0.3 is 0 Å². The van der Waals surface area contributed by atoms with Gasteiger partial charge in [0.15, 0.2) is 34.5 Å². The highest BCUT2D eigenvalue weighted by Gasteiger charge is 2.30. The van der Waals surface area contributed by atoms with Crippen molar-refractivity contribution in [3.05, 3.63) is 36.4 Å². The van der Waals surface area contributed by atoms with Gasteiger partial charge in [0.2, 0.25) is 0 Å². The Morgan fingerprint density at radius 1 is 0.253 bits per heavy atom. The number of ether oxygens (including phenoxy) is 6. The quantitative estimate of drug-likeness (QED) is 0.0358. The summed E-state index contributed by atoms with van der Waals surface area (Å²) in [5, 5.41) is 7.31. The van der Waals surface area contributed by atoms with E-state index in [4.69, 9.17) is 28.4 Å². The molecule has 0 bridgehead atoms. The number of methoxy groups -OCH3 is 6. The number of hydrogen-bond donors (Lipinski definition) is 0. The second-order valence-electron chi connectivity index (χ2n) is 21.8. The fourth-order valence-electron chi connectivity index (χ4n) is 12.5. The maximum absolute atomic E-state index is 6.19. The maximum atomic E-state index is 6.19. The Balaban J connectivity index is 1.46. The van der Waals surface area contributed by atoms with Gasteiger partial charge in [-0.3, -0.25) is 0 Å². The first-order valence-electron chi connectivity index (χ1n) is 30.3. The first kappa shape index (κ1) is 57.8. The number of rotatable bonds is 39. The molecule has 414 valence electrons. The van der Waals surface area contributed by atoms with Crippen molar-refractivity contribution < 1.29 is 28.4 Å². The number of fused-ring (bicyclic) bond motifs is 12. The van der Waals surface area contributed by atoms with E-state index in [0.717, 1.165) is 73.4 Å². The van der Waals surface area contributed by atoms with Gasteiger partial charge < -0.3 is 42.1 Å². The molecule has 0 aliphatic rings. The lowest BCUT2D eigenvalue weighted by Crippen LogP contribution is -2.04. The summed E-state index contributed by atoms with van der Waals surface area (Å²) in [4.78, 5) is 0. The van der Waals surface area contributed by atoms with Crippen LogP contribution >= 0.6 is 0 Å². The van der Waals surface area contributed by atoms with Gasteiger partial charge in [-0.1, -0.05) is 194 Å². The molecule has 7 aromatic rings. The van der Waals surface area contributed by atoms with Gasteiger partial charge in [0, 0.05) is 70.2 Å². The number of nitrogens with zero attached hydrogens (tertiary/aromatic N) is 3. The molecular formula is C66H99N3O6. The van der Waals surface area contributed by atoms with Crippen LogP contribution in [0.5, 0.6) is 34.5 Å². The summed E-state index contributed by atoms with van der Waals surface area (Å²) in [6.07, 6.45) is 38.8. The molecule has 0 saturated heterocycles. The molecule has 3 aromatic heterocycles. The fraction of sp³-hybridized carbons (Fsp3) is 0.636. The summed E-state index contributed by atoms with van der Waals surface area (Å²) < 4.78 is 44.9. The average Bonchev–Trinajstić information content (AvgIpc) is 4.13. The van der Waals surface area contributed by atoms with E-state index in [1.807, 2.05) is 0 Å². The van der Waals surface area contributed by atoms with Crippen LogP contribution in [0.2, 0.25) is 0 Å². The third-order valence-electron chi connectivity index (χ3n) is 16.6. The van der Waals surface area contributed by atoms with E-state index in [-0.39, 0.29) is 0 Å². The Morgan fingerprint density at radius 3 is 0.747 bits per heavy atom. The molecule has 3 heterocycles. The van der Waals surface area contributed by atoms with Gasteiger partial charge in [-0.25, -0.2) is 0 Å². The molecular weight excluding hydrogens is 931 g/mol. The molecule has 4 aromatic carbocycles. The maximum Gasteiger partial charge on any atom is 0.162 e. The molecule has 0 amide bonds. The van der Waals surface area contributed by atoms with E-state index < -0.39 is 0 Å². The van der Waals surface area contributed by atoms with Crippen LogP contribution in [-0.4, -0.2) is 56.4 Å². The third-order valence-corrected chi connectivity index (χ3v) is 16.6. The van der Waals surface area contributed by atoms with Crippen molar-refractivity contribution >= 4 is 65.4 Å². The molecule has 0 radical (unpaired) electrons. The lowest BCUT2D eigenvalue weighted by Gasteiger charge is -2.15. The van der Waals surface area contributed by atoms with Crippen LogP contribution in [0, 0.1) is 0 Å². The van der Waals surface area contributed by atoms with Crippen molar-refractivity contribution in [1.29, 1.82) is 0 Å². The smallest absolute Gasteiger partial charge is 0.162 e. The summed E-state index contributed by atoms with van der Waals surface area (Å²) >= 11 is 0. The molecule has 0 unspecified atom stereocenters. The molecule has 9 heteroatoms. The number of aromatic nitrogens is 3. The predicted molar refractivity (Wildman–Crippen MR) is 320 cm³/mol. The summed E-state index contributed by atoms with van der Waals surface area (Å²) in [7, 11) is 10.6. The van der Waals surface area contributed by atoms with Crippen molar-refractivity contribution in [1.82, 2.24) is 13.7 Å². The van der Waals surface area contributed by atoms with Crippen LogP contribution < -0.4 is 28.4 Å². The molecule has 75 heavy (non-hydrogen) atoms. The normalized spacial score (nSPS) is 12.0. The van der Waals surface area contributed by atoms with Gasteiger partial charge in [-0.15, -0.1) is 0 Å². The van der Waals surface area contributed by atoms with Gasteiger partial charge in [-0.05, 0) is 37.5 Å². The van der Waals surface area contributed by atoms with E-state index in [0.29, 0.717) is 0 Å². The van der Waals surface area contributed by atoms with Crippen LogP contribution in [-0.2, 0) is 19.6 Å². The Kier molecular flexibility index (Phi) is 23.2. The van der Waals surface area contributed by atoms with Crippen molar-refractivity contribution in [3.8, 4) is 34.5 Å². The van der Waals surface area contributed by atoms with Crippen molar-refractivity contribution in [2.75, 3.05) is 42.7 Å².